The maximum absolute atomic E-state index is 10.6. The van der Waals surface area contributed by atoms with Gasteiger partial charge in [0.1, 0.15) is 11.9 Å². The number of aliphatic hydroxyl groups excluding tert-OH is 1. The Morgan fingerprint density at radius 2 is 2.16 bits per heavy atom. The minimum absolute atomic E-state index is 0.292. The summed E-state index contributed by atoms with van der Waals surface area (Å²) >= 11 is 0. The third kappa shape index (κ3) is 3.63. The maximum atomic E-state index is 10.6. The van der Waals surface area contributed by atoms with E-state index < -0.39 is 6.10 Å². The molecule has 0 aliphatic carbocycles. The molecule has 0 spiro atoms. The van der Waals surface area contributed by atoms with Crippen LogP contribution in [0.15, 0.2) is 18.5 Å². The molecule has 1 atom stereocenters. The van der Waals surface area contributed by atoms with Gasteiger partial charge >= 0.3 is 0 Å². The van der Waals surface area contributed by atoms with Gasteiger partial charge in [0.25, 0.3) is 0 Å². The van der Waals surface area contributed by atoms with Gasteiger partial charge in [-0.1, -0.05) is 0 Å². The minimum Gasteiger partial charge on any atom is -0.385 e. The number of aryl methyl sites for hydroxylation is 2. The van der Waals surface area contributed by atoms with Crippen LogP contribution in [0.1, 0.15) is 42.6 Å². The van der Waals surface area contributed by atoms with Crippen molar-refractivity contribution in [2.24, 2.45) is 13.0 Å². The molecule has 1 fully saturated rings. The molecule has 1 unspecified atom stereocenters. The Kier molecular flexibility index (Phi) is 4.87. The van der Waals surface area contributed by atoms with Crippen molar-refractivity contribution in [1.82, 2.24) is 29.5 Å². The van der Waals surface area contributed by atoms with Crippen LogP contribution in [0, 0.1) is 5.92 Å². The lowest BCUT2D eigenvalue weighted by atomic mass is 9.90. The predicted molar refractivity (Wildman–Crippen MR) is 94.7 cm³/mol. The predicted octanol–water partition coefficient (Wildman–Crippen LogP) is 1.06. The van der Waals surface area contributed by atoms with E-state index in [0.717, 1.165) is 64.4 Å². The van der Waals surface area contributed by atoms with Crippen LogP contribution in [0.25, 0.3) is 0 Å². The average molecular weight is 344 g/mol. The maximum Gasteiger partial charge on any atom is 0.137 e. The van der Waals surface area contributed by atoms with Crippen molar-refractivity contribution in [3.05, 3.63) is 35.7 Å². The lowest BCUT2D eigenvalue weighted by Gasteiger charge is -2.33. The summed E-state index contributed by atoms with van der Waals surface area (Å²) in [4.78, 5) is 6.76. The first-order valence-corrected chi connectivity index (χ1v) is 9.34. The molecular formula is C18H28N6O. The number of fused-ring (bicyclic) bond motifs is 1. The summed E-state index contributed by atoms with van der Waals surface area (Å²) in [6.07, 6.45) is 6.34. The highest BCUT2D eigenvalue weighted by atomic mass is 16.3. The van der Waals surface area contributed by atoms with Crippen LogP contribution in [0.3, 0.4) is 0 Å². The number of imidazole rings is 1. The van der Waals surface area contributed by atoms with E-state index in [4.69, 9.17) is 5.10 Å². The molecule has 0 radical (unpaired) electrons. The van der Waals surface area contributed by atoms with E-state index >= 15 is 0 Å². The van der Waals surface area contributed by atoms with E-state index in [1.54, 1.807) is 6.20 Å². The number of hydrogen-bond acceptors (Lipinski definition) is 5. The Labute approximate surface area is 148 Å². The molecule has 136 valence electrons. The van der Waals surface area contributed by atoms with Crippen molar-refractivity contribution >= 4 is 0 Å². The van der Waals surface area contributed by atoms with Crippen molar-refractivity contribution < 1.29 is 5.11 Å². The van der Waals surface area contributed by atoms with Gasteiger partial charge in [-0.15, -0.1) is 0 Å². The van der Waals surface area contributed by atoms with E-state index in [-0.39, 0.29) is 0 Å². The van der Waals surface area contributed by atoms with Gasteiger partial charge < -0.3 is 15.0 Å². The topological polar surface area (TPSA) is 71.1 Å². The van der Waals surface area contributed by atoms with Gasteiger partial charge in [-0.05, 0) is 50.9 Å². The average Bonchev–Trinajstić information content (AvgIpc) is 3.15. The Morgan fingerprint density at radius 1 is 1.32 bits per heavy atom. The summed E-state index contributed by atoms with van der Waals surface area (Å²) in [5, 5.41) is 18.8. The Morgan fingerprint density at radius 3 is 2.92 bits per heavy atom. The number of rotatable bonds is 4. The van der Waals surface area contributed by atoms with E-state index in [2.05, 4.69) is 25.9 Å². The quantitative estimate of drug-likeness (QED) is 0.868. The summed E-state index contributed by atoms with van der Waals surface area (Å²) < 4.78 is 4.08. The number of nitrogens with one attached hydrogen (secondary N) is 1. The first-order chi connectivity index (χ1) is 12.2. The molecule has 7 nitrogen and oxygen atoms in total. The van der Waals surface area contributed by atoms with Crippen molar-refractivity contribution in [3.63, 3.8) is 0 Å². The molecule has 4 heterocycles. The molecule has 1 saturated heterocycles. The molecule has 2 aromatic heterocycles. The van der Waals surface area contributed by atoms with Crippen LogP contribution in [0.4, 0.5) is 0 Å². The van der Waals surface area contributed by atoms with Crippen molar-refractivity contribution in [2.75, 3.05) is 19.6 Å². The number of likely N-dealkylation sites (tertiary alicyclic amines) is 1. The zero-order chi connectivity index (χ0) is 17.2. The first-order valence-electron chi connectivity index (χ1n) is 9.34. The molecule has 0 amide bonds. The van der Waals surface area contributed by atoms with E-state index in [0.29, 0.717) is 5.92 Å². The second-order valence-corrected chi connectivity index (χ2v) is 7.34. The molecule has 0 aromatic carbocycles. The summed E-state index contributed by atoms with van der Waals surface area (Å²) in [5.74, 6) is 1.07. The van der Waals surface area contributed by atoms with Gasteiger partial charge in [-0.2, -0.15) is 5.10 Å². The first kappa shape index (κ1) is 16.8. The molecule has 2 N–H and O–H groups in total. The van der Waals surface area contributed by atoms with Crippen LogP contribution in [0.5, 0.6) is 0 Å². The van der Waals surface area contributed by atoms with Gasteiger partial charge in [-0.25, -0.2) is 4.98 Å². The summed E-state index contributed by atoms with van der Waals surface area (Å²) in [6.45, 7) is 5.93. The highest BCUT2D eigenvalue weighted by Gasteiger charge is 2.28. The number of aliphatic hydroxyl groups is 1. The summed E-state index contributed by atoms with van der Waals surface area (Å²) in [5.41, 5.74) is 2.47. The van der Waals surface area contributed by atoms with Crippen LogP contribution in [0.2, 0.25) is 0 Å². The number of hydrogen-bond donors (Lipinski definition) is 2. The number of nitrogens with zero attached hydrogens (tertiary/aromatic N) is 5. The number of piperidine rings is 1. The largest absolute Gasteiger partial charge is 0.385 e. The second kappa shape index (κ2) is 7.27. The molecular weight excluding hydrogens is 316 g/mol. The molecule has 0 bridgehead atoms. The lowest BCUT2D eigenvalue weighted by Crippen LogP contribution is -2.35. The van der Waals surface area contributed by atoms with Crippen LogP contribution in [-0.4, -0.2) is 49.0 Å². The second-order valence-electron chi connectivity index (χ2n) is 7.34. The van der Waals surface area contributed by atoms with E-state index in [9.17, 15) is 5.11 Å². The SMILES string of the molecule is Cn1ccnc1C(O)C1CCN(Cc2cc3n(n2)CCCNC3)CC1. The van der Waals surface area contributed by atoms with Crippen LogP contribution < -0.4 is 5.32 Å². The third-order valence-corrected chi connectivity index (χ3v) is 5.53. The van der Waals surface area contributed by atoms with Gasteiger partial charge in [0.05, 0.1) is 11.4 Å². The molecule has 2 aliphatic rings. The normalized spacial score (nSPS) is 21.0. The standard InChI is InChI=1S/C18H28N6O/c1-22-10-6-20-18(22)17(25)14-3-8-23(9-4-14)13-15-11-16-12-19-5-2-7-24(16)21-15/h6,10-11,14,17,19,25H,2-5,7-9,12-13H2,1H3. The van der Waals surface area contributed by atoms with Crippen molar-refractivity contribution in [2.45, 2.75) is 45.0 Å². The lowest BCUT2D eigenvalue weighted by molar-refractivity contribution is 0.0488. The third-order valence-electron chi connectivity index (χ3n) is 5.53. The minimum atomic E-state index is -0.461. The molecule has 0 saturated carbocycles. The molecule has 7 heteroatoms. The fraction of sp³-hybridized carbons (Fsp3) is 0.667. The van der Waals surface area contributed by atoms with Gasteiger partial charge in [-0.3, -0.25) is 9.58 Å². The highest BCUT2D eigenvalue weighted by molar-refractivity contribution is 5.11. The monoisotopic (exact) mass is 344 g/mol. The van der Waals surface area contributed by atoms with Gasteiger partial charge in [0, 0.05) is 39.1 Å². The zero-order valence-corrected chi connectivity index (χ0v) is 14.9. The van der Waals surface area contributed by atoms with Crippen LogP contribution >= 0.6 is 0 Å². The summed E-state index contributed by atoms with van der Waals surface area (Å²) in [6, 6.07) is 2.24. The van der Waals surface area contributed by atoms with Crippen molar-refractivity contribution in [1.29, 1.82) is 0 Å². The van der Waals surface area contributed by atoms with Gasteiger partial charge in [0.2, 0.25) is 0 Å². The van der Waals surface area contributed by atoms with Crippen LogP contribution in [-0.2, 0) is 26.7 Å². The Bertz CT molecular complexity index is 677. The summed E-state index contributed by atoms with van der Waals surface area (Å²) in [7, 11) is 1.94. The Balaban J connectivity index is 1.32. The van der Waals surface area contributed by atoms with E-state index in [1.165, 1.54) is 11.4 Å². The van der Waals surface area contributed by atoms with Gasteiger partial charge in [0.15, 0.2) is 0 Å². The van der Waals surface area contributed by atoms with Crippen molar-refractivity contribution in [3.8, 4) is 0 Å². The molecule has 25 heavy (non-hydrogen) atoms. The fourth-order valence-electron chi connectivity index (χ4n) is 4.03. The zero-order valence-electron chi connectivity index (χ0n) is 14.9. The fourth-order valence-corrected chi connectivity index (χ4v) is 4.03. The molecule has 2 aliphatic heterocycles. The Hall–Kier alpha value is -1.70. The number of aromatic nitrogens is 4. The smallest absolute Gasteiger partial charge is 0.137 e. The molecule has 4 rings (SSSR count). The highest BCUT2D eigenvalue weighted by Crippen LogP contribution is 2.30. The molecule has 2 aromatic rings. The van der Waals surface area contributed by atoms with E-state index in [1.807, 2.05) is 17.8 Å².